The van der Waals surface area contributed by atoms with Crippen LogP contribution in [0.15, 0.2) is 125 Å². The molecule has 22 heteroatoms. The molecule has 0 radical (unpaired) electrons. The normalized spacial score (nSPS) is 11.4. The predicted octanol–water partition coefficient (Wildman–Crippen LogP) is -4.09. The maximum atomic E-state index is 8.49. The van der Waals surface area contributed by atoms with E-state index in [1.165, 1.54) is 0 Å². The molecule has 0 atom stereocenters. The van der Waals surface area contributed by atoms with Crippen LogP contribution in [0.3, 0.4) is 0 Å². The Bertz CT molecular complexity index is 1850. The molecule has 6 rings (SSSR count). The van der Waals surface area contributed by atoms with E-state index in [9.17, 15) is 0 Å². The summed E-state index contributed by atoms with van der Waals surface area (Å²) in [6, 6.07) is 30.2. The zero-order valence-electron chi connectivity index (χ0n) is 31.3. The van der Waals surface area contributed by atoms with Gasteiger partial charge in [0.15, 0.2) is 0 Å². The number of aliphatic hydroxyl groups is 1. The van der Waals surface area contributed by atoms with E-state index < -0.39 is 20.5 Å². The Hall–Kier alpha value is -5.03. The zero-order chi connectivity index (χ0) is 42.2. The molecule has 3 aromatic carbocycles. The number of nitrogens with zero attached hydrogens (tertiary/aromatic N) is 7. The monoisotopic (exact) mass is 896 g/mol. The molecular formula is C37H40Cl2N10NiO9. The maximum absolute atomic E-state index is 8.49. The van der Waals surface area contributed by atoms with E-state index in [4.69, 9.17) is 42.4 Å². The number of aliphatic hydroxyl groups excluding tert-OH is 1. The summed E-state index contributed by atoms with van der Waals surface area (Å²) in [4.78, 5) is 39.9. The van der Waals surface area contributed by atoms with Crippen LogP contribution < -0.4 is 37.3 Å². The number of aliphatic imine (C=N–C) groups is 3. The molecule has 0 aliphatic rings. The molecule has 0 aliphatic carbocycles. The third kappa shape index (κ3) is 22.1. The zero-order valence-corrected chi connectivity index (χ0v) is 33.8. The van der Waals surface area contributed by atoms with Crippen molar-refractivity contribution in [1.82, 2.24) is 34.8 Å². The smallest absolute Gasteiger partial charge is 0.400 e. The van der Waals surface area contributed by atoms with Crippen molar-refractivity contribution in [3.8, 4) is 34.2 Å². The van der Waals surface area contributed by atoms with E-state index in [-0.39, 0.29) is 16.5 Å². The van der Waals surface area contributed by atoms with E-state index in [2.05, 4.69) is 49.8 Å². The molecule has 19 nitrogen and oxygen atoms in total. The quantitative estimate of drug-likeness (QED) is 0.0564. The van der Waals surface area contributed by atoms with Gasteiger partial charge in [-0.2, -0.15) is 0 Å². The van der Waals surface area contributed by atoms with Gasteiger partial charge in [-0.1, -0.05) is 91.0 Å². The van der Waals surface area contributed by atoms with Gasteiger partial charge in [0.05, 0.1) is 36.7 Å². The molecular weight excluding hydrogens is 858 g/mol. The summed E-state index contributed by atoms with van der Waals surface area (Å²) in [6.07, 6.45) is 11.1. The number of hydrogen-bond acceptors (Lipinski definition) is 16. The summed E-state index contributed by atoms with van der Waals surface area (Å²) in [5.41, 5.74) is 5.57. The van der Waals surface area contributed by atoms with Crippen LogP contribution >= 0.6 is 0 Å². The number of hydrogen-bond donors (Lipinski definition) is 4. The maximum Gasteiger partial charge on any atom is 2.00 e. The van der Waals surface area contributed by atoms with E-state index in [1.54, 1.807) is 0 Å². The van der Waals surface area contributed by atoms with Crippen molar-refractivity contribution in [3.05, 3.63) is 127 Å². The van der Waals surface area contributed by atoms with Gasteiger partial charge in [0.1, 0.15) is 17.5 Å². The third-order valence-electron chi connectivity index (χ3n) is 7.24. The standard InChI is InChI=1S/C36H36N10.CH4O.2ClHO4.Ni/c1-4-10-28(11-5-1)34-40-25-31(43-34)22-37-16-19-46(20-17-38-23-32-26-41-35(44-32)29-12-6-2-7-13-29)21-18-39-24-33-27-42-36(45-33)30-14-8-3-9-15-30;1-2;2*2-1(3,4)5;/h1-15,22-27H,16-21H2,(H,40,43)(H,41,44)(H,42,45);2H,1H3;2*(H,2,3,4,5);/q;;;;+2/p-2. The largest absolute Gasteiger partial charge is 2.00 e. The summed E-state index contributed by atoms with van der Waals surface area (Å²) in [7, 11) is -8.89. The van der Waals surface area contributed by atoms with Crippen molar-refractivity contribution in [2.75, 3.05) is 46.4 Å². The van der Waals surface area contributed by atoms with Crippen LogP contribution in [-0.2, 0) is 16.5 Å². The van der Waals surface area contributed by atoms with E-state index in [0.29, 0.717) is 19.6 Å². The van der Waals surface area contributed by atoms with Crippen LogP contribution in [0.4, 0.5) is 0 Å². The second kappa shape index (κ2) is 26.9. The molecule has 6 aromatic rings. The van der Waals surface area contributed by atoms with Crippen LogP contribution in [0.5, 0.6) is 0 Å². The minimum absolute atomic E-state index is 0. The molecule has 0 amide bonds. The summed E-state index contributed by atoms with van der Waals surface area (Å²) >= 11 is 0. The number of imidazole rings is 3. The van der Waals surface area contributed by atoms with Gasteiger partial charge in [-0.3, -0.25) is 19.9 Å². The van der Waals surface area contributed by atoms with Gasteiger partial charge < -0.3 is 20.1 Å². The molecule has 59 heavy (non-hydrogen) atoms. The average molecular weight is 898 g/mol. The average Bonchev–Trinajstić information content (AvgIpc) is 3.99. The van der Waals surface area contributed by atoms with Gasteiger partial charge in [-0.05, 0) is 0 Å². The summed E-state index contributed by atoms with van der Waals surface area (Å²) in [5, 5.41) is 7.00. The van der Waals surface area contributed by atoms with Gasteiger partial charge in [-0.25, -0.2) is 52.2 Å². The first kappa shape index (κ1) is 50.1. The number of rotatable bonds is 15. The van der Waals surface area contributed by atoms with E-state index in [1.807, 2.05) is 128 Å². The van der Waals surface area contributed by atoms with Crippen molar-refractivity contribution in [2.45, 2.75) is 0 Å². The topological polar surface area (TPSA) is 331 Å². The molecule has 0 saturated heterocycles. The number of aromatic nitrogens is 6. The predicted molar refractivity (Wildman–Crippen MR) is 194 cm³/mol. The summed E-state index contributed by atoms with van der Waals surface area (Å²) in [5.74, 6) is 2.50. The van der Waals surface area contributed by atoms with Crippen LogP contribution in [0, 0.1) is 20.5 Å². The first-order chi connectivity index (χ1) is 27.8. The summed E-state index contributed by atoms with van der Waals surface area (Å²) in [6.45, 7) is 4.25. The number of benzene rings is 3. The van der Waals surface area contributed by atoms with Crippen LogP contribution in [0.25, 0.3) is 34.2 Å². The van der Waals surface area contributed by atoms with Crippen molar-refractivity contribution >= 4 is 18.6 Å². The Balaban J connectivity index is 0.000000818. The SMILES string of the molecule is C(=NCCN(CCN=Cc1c[nH]c(-c2ccccc2)n1)CCN=Cc1c[nH]c(-c2ccccc2)n1)c1c[nH]c(-c2ccccc2)n1.CO.[Ni+2].[O-][Cl+3]([O-])([O-])[O-].[O-][Cl+3]([O-])([O-])[O-]. The Morgan fingerprint density at radius 1 is 0.492 bits per heavy atom. The van der Waals surface area contributed by atoms with Crippen LogP contribution in [-0.4, -0.2) is 105 Å². The summed E-state index contributed by atoms with van der Waals surface area (Å²) < 4.78 is 67.9. The number of halogens is 2. The third-order valence-corrected chi connectivity index (χ3v) is 7.24. The molecule has 0 fully saturated rings. The fraction of sp³-hybridized carbons (Fsp3) is 0.189. The molecule has 0 unspecified atom stereocenters. The minimum atomic E-state index is -4.94. The van der Waals surface area contributed by atoms with Gasteiger partial charge in [0.2, 0.25) is 0 Å². The molecule has 0 aliphatic heterocycles. The minimum Gasteiger partial charge on any atom is -0.400 e. The Morgan fingerprint density at radius 3 is 0.966 bits per heavy atom. The number of aromatic amines is 3. The van der Waals surface area contributed by atoms with Gasteiger partial charge in [0.25, 0.3) is 0 Å². The Kier molecular flexibility index (Phi) is 22.8. The fourth-order valence-electron chi connectivity index (χ4n) is 4.85. The fourth-order valence-corrected chi connectivity index (χ4v) is 4.85. The van der Waals surface area contributed by atoms with Crippen LogP contribution in [0.1, 0.15) is 17.1 Å². The first-order valence-electron chi connectivity index (χ1n) is 17.0. The molecule has 316 valence electrons. The Labute approximate surface area is 353 Å². The van der Waals surface area contributed by atoms with Crippen molar-refractivity contribution in [3.63, 3.8) is 0 Å². The van der Waals surface area contributed by atoms with Gasteiger partial charge in [-0.15, -0.1) is 20.5 Å². The van der Waals surface area contributed by atoms with Crippen LogP contribution in [0.2, 0.25) is 0 Å². The van der Waals surface area contributed by atoms with Crippen molar-refractivity contribution < 1.29 is 79.4 Å². The second-order valence-electron chi connectivity index (χ2n) is 11.3. The molecule has 3 heterocycles. The van der Waals surface area contributed by atoms with Gasteiger partial charge in [0, 0.05) is 80.7 Å². The van der Waals surface area contributed by atoms with Crippen molar-refractivity contribution in [1.29, 1.82) is 0 Å². The molecule has 3 aromatic heterocycles. The number of H-pyrrole nitrogens is 3. The molecule has 4 N–H and O–H groups in total. The first-order valence-corrected chi connectivity index (χ1v) is 19.5. The second-order valence-corrected chi connectivity index (χ2v) is 12.8. The van der Waals surface area contributed by atoms with E-state index in [0.717, 1.165) is 78.0 Å². The van der Waals surface area contributed by atoms with Crippen molar-refractivity contribution in [2.24, 2.45) is 15.0 Å². The molecule has 0 bridgehead atoms. The number of nitrogens with one attached hydrogen (secondary N) is 3. The molecule has 0 spiro atoms. The van der Waals surface area contributed by atoms with Gasteiger partial charge >= 0.3 is 16.5 Å². The Morgan fingerprint density at radius 2 is 0.729 bits per heavy atom. The molecule has 0 saturated carbocycles. The van der Waals surface area contributed by atoms with E-state index >= 15 is 0 Å².